The monoisotopic (exact) mass is 212 g/mol. The standard InChI is InChI=1S/C10H20N4O/c15-10(14-9-6-12-7-9)13-5-8-2-1-3-11-4-8/h8-9,11-12H,1-7H2,(H2,13,14,15). The second kappa shape index (κ2) is 5.32. The number of piperidine rings is 1. The van der Waals surface area contributed by atoms with E-state index in [1.54, 1.807) is 0 Å². The number of rotatable bonds is 3. The summed E-state index contributed by atoms with van der Waals surface area (Å²) < 4.78 is 0. The van der Waals surface area contributed by atoms with Gasteiger partial charge >= 0.3 is 6.03 Å². The van der Waals surface area contributed by atoms with Crippen molar-refractivity contribution >= 4 is 6.03 Å². The first-order valence-corrected chi connectivity index (χ1v) is 5.80. The second-order valence-corrected chi connectivity index (χ2v) is 4.42. The molecule has 2 amide bonds. The van der Waals surface area contributed by atoms with Gasteiger partial charge in [0.15, 0.2) is 0 Å². The van der Waals surface area contributed by atoms with Gasteiger partial charge in [-0.15, -0.1) is 0 Å². The third kappa shape index (κ3) is 3.35. The summed E-state index contributed by atoms with van der Waals surface area (Å²) in [6.07, 6.45) is 2.44. The Morgan fingerprint density at radius 3 is 2.73 bits per heavy atom. The normalized spacial score (nSPS) is 26.8. The first-order valence-electron chi connectivity index (χ1n) is 5.80. The Labute approximate surface area is 90.4 Å². The van der Waals surface area contributed by atoms with Crippen molar-refractivity contribution in [2.75, 3.05) is 32.7 Å². The van der Waals surface area contributed by atoms with Crippen LogP contribution in [0.2, 0.25) is 0 Å². The first kappa shape index (κ1) is 10.7. The van der Waals surface area contributed by atoms with Crippen LogP contribution in [0.25, 0.3) is 0 Å². The van der Waals surface area contributed by atoms with Crippen molar-refractivity contribution in [3.05, 3.63) is 0 Å². The maximum Gasteiger partial charge on any atom is 0.315 e. The minimum Gasteiger partial charge on any atom is -0.338 e. The molecular weight excluding hydrogens is 192 g/mol. The Morgan fingerprint density at radius 1 is 1.27 bits per heavy atom. The average Bonchev–Trinajstić information content (AvgIpc) is 2.22. The van der Waals surface area contributed by atoms with Crippen molar-refractivity contribution in [3.63, 3.8) is 0 Å². The van der Waals surface area contributed by atoms with Gasteiger partial charge < -0.3 is 21.3 Å². The number of amides is 2. The molecule has 2 aliphatic rings. The third-order valence-corrected chi connectivity index (χ3v) is 3.07. The summed E-state index contributed by atoms with van der Waals surface area (Å²) in [7, 11) is 0. The number of urea groups is 1. The van der Waals surface area contributed by atoms with Crippen molar-refractivity contribution in [2.24, 2.45) is 5.92 Å². The number of carbonyl (C=O) groups excluding carboxylic acids is 1. The Balaban J connectivity index is 1.57. The van der Waals surface area contributed by atoms with E-state index >= 15 is 0 Å². The maximum absolute atomic E-state index is 11.4. The van der Waals surface area contributed by atoms with Gasteiger partial charge in [0.2, 0.25) is 0 Å². The minimum absolute atomic E-state index is 0.0212. The van der Waals surface area contributed by atoms with Gasteiger partial charge in [0.1, 0.15) is 0 Å². The van der Waals surface area contributed by atoms with Gasteiger partial charge in [-0.1, -0.05) is 0 Å². The van der Waals surface area contributed by atoms with E-state index in [0.29, 0.717) is 12.0 Å². The van der Waals surface area contributed by atoms with E-state index in [2.05, 4.69) is 21.3 Å². The Hall–Kier alpha value is -0.810. The fourth-order valence-corrected chi connectivity index (χ4v) is 1.96. The van der Waals surface area contributed by atoms with Crippen molar-refractivity contribution in [1.82, 2.24) is 21.3 Å². The molecule has 1 unspecified atom stereocenters. The van der Waals surface area contributed by atoms with Crippen LogP contribution in [0.1, 0.15) is 12.8 Å². The predicted molar refractivity (Wildman–Crippen MR) is 58.8 cm³/mol. The second-order valence-electron chi connectivity index (χ2n) is 4.42. The van der Waals surface area contributed by atoms with Gasteiger partial charge in [0.25, 0.3) is 0 Å². The molecule has 0 saturated carbocycles. The molecule has 1 atom stereocenters. The lowest BCUT2D eigenvalue weighted by molar-refractivity contribution is 0.227. The summed E-state index contributed by atoms with van der Waals surface area (Å²) in [6.45, 7) is 4.75. The molecule has 0 aliphatic carbocycles. The fourth-order valence-electron chi connectivity index (χ4n) is 1.96. The lowest BCUT2D eigenvalue weighted by atomic mass is 10.00. The molecule has 0 aromatic heterocycles. The zero-order chi connectivity index (χ0) is 10.5. The van der Waals surface area contributed by atoms with Gasteiger partial charge in [-0.3, -0.25) is 0 Å². The van der Waals surface area contributed by atoms with Crippen LogP contribution >= 0.6 is 0 Å². The van der Waals surface area contributed by atoms with E-state index in [1.807, 2.05) is 0 Å². The lowest BCUT2D eigenvalue weighted by Gasteiger charge is -2.28. The number of hydrogen-bond donors (Lipinski definition) is 4. The molecule has 0 radical (unpaired) electrons. The molecule has 15 heavy (non-hydrogen) atoms. The molecule has 2 rings (SSSR count). The highest BCUT2D eigenvalue weighted by Crippen LogP contribution is 2.07. The van der Waals surface area contributed by atoms with Crippen LogP contribution in [0.5, 0.6) is 0 Å². The SMILES string of the molecule is O=C(NCC1CCCNC1)NC1CNC1. The summed E-state index contributed by atoms with van der Waals surface area (Å²) >= 11 is 0. The van der Waals surface area contributed by atoms with Crippen molar-refractivity contribution in [2.45, 2.75) is 18.9 Å². The fraction of sp³-hybridized carbons (Fsp3) is 0.900. The van der Waals surface area contributed by atoms with Crippen LogP contribution in [0, 0.1) is 5.92 Å². The van der Waals surface area contributed by atoms with E-state index in [1.165, 1.54) is 12.8 Å². The van der Waals surface area contributed by atoms with Crippen molar-refractivity contribution < 1.29 is 4.79 Å². The first-order chi connectivity index (χ1) is 7.34. The van der Waals surface area contributed by atoms with Crippen LogP contribution in [0.15, 0.2) is 0 Å². The molecule has 0 aromatic carbocycles. The minimum atomic E-state index is -0.0212. The molecule has 0 aromatic rings. The molecule has 4 N–H and O–H groups in total. The van der Waals surface area contributed by atoms with Gasteiger partial charge in [0.05, 0.1) is 6.04 Å². The Kier molecular flexibility index (Phi) is 3.80. The highest BCUT2D eigenvalue weighted by molar-refractivity contribution is 5.74. The summed E-state index contributed by atoms with van der Waals surface area (Å²) in [5.74, 6) is 0.601. The zero-order valence-electron chi connectivity index (χ0n) is 9.01. The highest BCUT2D eigenvalue weighted by Gasteiger charge is 2.19. The molecule has 2 saturated heterocycles. The lowest BCUT2D eigenvalue weighted by Crippen LogP contribution is -2.59. The molecule has 0 spiro atoms. The number of carbonyl (C=O) groups is 1. The quantitative estimate of drug-likeness (QED) is 0.498. The van der Waals surface area contributed by atoms with Gasteiger partial charge in [-0.05, 0) is 31.8 Å². The molecule has 2 aliphatic heterocycles. The van der Waals surface area contributed by atoms with Crippen LogP contribution < -0.4 is 21.3 Å². The summed E-state index contributed by atoms with van der Waals surface area (Å²) in [6, 6.07) is 0.307. The maximum atomic E-state index is 11.4. The summed E-state index contributed by atoms with van der Waals surface area (Å²) in [5, 5.41) is 12.3. The van der Waals surface area contributed by atoms with E-state index in [4.69, 9.17) is 0 Å². The van der Waals surface area contributed by atoms with Crippen LogP contribution in [0.4, 0.5) is 4.79 Å². The molecule has 5 nitrogen and oxygen atoms in total. The largest absolute Gasteiger partial charge is 0.338 e. The highest BCUT2D eigenvalue weighted by atomic mass is 16.2. The molecule has 0 bridgehead atoms. The van der Waals surface area contributed by atoms with Crippen LogP contribution in [-0.2, 0) is 0 Å². The van der Waals surface area contributed by atoms with E-state index in [0.717, 1.165) is 32.7 Å². The Bertz CT molecular complexity index is 211. The molecule has 86 valence electrons. The van der Waals surface area contributed by atoms with E-state index in [-0.39, 0.29) is 6.03 Å². The third-order valence-electron chi connectivity index (χ3n) is 3.07. The van der Waals surface area contributed by atoms with Crippen molar-refractivity contribution in [1.29, 1.82) is 0 Å². The average molecular weight is 212 g/mol. The van der Waals surface area contributed by atoms with Crippen LogP contribution in [-0.4, -0.2) is 44.8 Å². The van der Waals surface area contributed by atoms with E-state index < -0.39 is 0 Å². The van der Waals surface area contributed by atoms with Crippen molar-refractivity contribution in [3.8, 4) is 0 Å². The summed E-state index contributed by atoms with van der Waals surface area (Å²) in [5.41, 5.74) is 0. The topological polar surface area (TPSA) is 65.2 Å². The predicted octanol–water partition coefficient (Wildman–Crippen LogP) is -0.743. The smallest absolute Gasteiger partial charge is 0.315 e. The molecule has 5 heteroatoms. The number of nitrogens with one attached hydrogen (secondary N) is 4. The molecule has 2 fully saturated rings. The van der Waals surface area contributed by atoms with Crippen LogP contribution in [0.3, 0.4) is 0 Å². The van der Waals surface area contributed by atoms with Gasteiger partial charge in [-0.25, -0.2) is 4.79 Å². The van der Waals surface area contributed by atoms with Gasteiger partial charge in [0, 0.05) is 19.6 Å². The molecule has 2 heterocycles. The zero-order valence-corrected chi connectivity index (χ0v) is 9.01. The molecular formula is C10H20N4O. The van der Waals surface area contributed by atoms with Gasteiger partial charge in [-0.2, -0.15) is 0 Å². The summed E-state index contributed by atoms with van der Waals surface area (Å²) in [4.78, 5) is 11.4. The number of hydrogen-bond acceptors (Lipinski definition) is 3. The van der Waals surface area contributed by atoms with E-state index in [9.17, 15) is 4.79 Å². The Morgan fingerprint density at radius 2 is 2.13 bits per heavy atom.